The van der Waals surface area contributed by atoms with Crippen molar-refractivity contribution in [3.05, 3.63) is 0 Å². The molecule has 2 rings (SSSR count). The van der Waals surface area contributed by atoms with E-state index in [0.717, 1.165) is 308 Å². The van der Waals surface area contributed by atoms with Crippen LogP contribution in [0.4, 0.5) is 0 Å². The fourth-order valence-corrected chi connectivity index (χ4v) is 15.0. The molecule has 2 N–H and O–H groups in total. The molecule has 111 heavy (non-hydrogen) atoms. The predicted molar refractivity (Wildman–Crippen MR) is 445 cm³/mol. The van der Waals surface area contributed by atoms with Crippen molar-refractivity contribution in [1.29, 1.82) is 0 Å². The number of esters is 6. The highest BCUT2D eigenvalue weighted by Crippen LogP contribution is 2.36. The first-order chi connectivity index (χ1) is 54.2. The molecule has 0 aliphatic carbocycles. The lowest BCUT2D eigenvalue weighted by Gasteiger charge is -2.49. The van der Waals surface area contributed by atoms with Gasteiger partial charge in [0.15, 0.2) is 24.6 Å². The van der Waals surface area contributed by atoms with Crippen molar-refractivity contribution < 1.29 is 81.0 Å². The van der Waals surface area contributed by atoms with Gasteiger partial charge < -0.3 is 53.3 Å². The molecule has 0 saturated carbocycles. The second-order valence-electron chi connectivity index (χ2n) is 32.6. The van der Waals surface area contributed by atoms with E-state index in [4.69, 9.17) is 42.6 Å². The summed E-state index contributed by atoms with van der Waals surface area (Å²) in [5.74, 6) is -4.29. The van der Waals surface area contributed by atoms with E-state index in [0.29, 0.717) is 51.4 Å². The Morgan fingerprint density at radius 3 is 0.721 bits per heavy atom. The van der Waals surface area contributed by atoms with E-state index in [2.05, 4.69) is 66.0 Å². The van der Waals surface area contributed by atoms with Gasteiger partial charge in [0.05, 0.1) is 0 Å². The third-order valence-corrected chi connectivity index (χ3v) is 22.0. The minimum Gasteiger partial charge on any atom is -0.463 e. The fourth-order valence-electron chi connectivity index (χ4n) is 15.0. The van der Waals surface area contributed by atoms with Crippen molar-refractivity contribution in [2.24, 2.45) is 0 Å². The van der Waals surface area contributed by atoms with Crippen molar-refractivity contribution in [2.75, 3.05) is 13.2 Å². The van der Waals surface area contributed by atoms with Gasteiger partial charge in [0, 0.05) is 51.4 Å². The van der Waals surface area contributed by atoms with E-state index in [1.165, 1.54) is 0 Å². The molecule has 2 aliphatic rings. The van der Waals surface area contributed by atoms with Crippen LogP contribution in [0.5, 0.6) is 0 Å². The number of rotatable bonds is 76. The van der Waals surface area contributed by atoms with Crippen LogP contribution in [-0.2, 0) is 81.0 Å². The average Bonchev–Trinajstić information content (AvgIpc) is 0.766. The lowest BCUT2D eigenvalue weighted by atomic mass is 9.93. The summed E-state index contributed by atoms with van der Waals surface area (Å²) in [6.07, 6.45) is 41.4. The highest BCUT2D eigenvalue weighted by atomic mass is 16.8. The largest absolute Gasteiger partial charge is 0.463 e. The molecule has 0 aromatic carbocycles. The van der Waals surface area contributed by atoms with Crippen molar-refractivity contribution in [1.82, 2.24) is 10.6 Å². The minimum atomic E-state index is -1.71. The molecular weight excluding hydrogens is 1410 g/mol. The monoisotopic (exact) mass is 1570 g/mol. The van der Waals surface area contributed by atoms with Crippen molar-refractivity contribution in [3.8, 4) is 0 Å². The van der Waals surface area contributed by atoms with E-state index in [9.17, 15) is 33.6 Å². The molecule has 2 heterocycles. The molecule has 1 unspecified atom stereocenters. The number of nitrogens with one attached hydrogen (secondary N) is 2. The summed E-state index contributed by atoms with van der Waals surface area (Å²) in [5, 5.41) is 6.31. The van der Waals surface area contributed by atoms with E-state index in [-0.39, 0.29) is 51.4 Å². The Labute approximate surface area is 676 Å². The second-order valence-corrected chi connectivity index (χ2v) is 32.6. The molecule has 2 saturated heterocycles. The maximum Gasteiger partial charge on any atom is 0.308 e. The lowest BCUT2D eigenvalue weighted by molar-refractivity contribution is -0.331. The molecule has 0 aromatic rings. The number of unbranched alkanes of at least 4 members (excludes halogenated alkanes) is 48. The van der Waals surface area contributed by atoms with Crippen molar-refractivity contribution in [2.45, 2.75) is 528 Å². The smallest absolute Gasteiger partial charge is 0.308 e. The first-order valence-electron chi connectivity index (χ1n) is 46.8. The van der Waals surface area contributed by atoms with Gasteiger partial charge in [0.25, 0.3) is 0 Å². The topological polar surface area (TPSA) is 244 Å². The van der Waals surface area contributed by atoms with E-state index in [1.807, 2.05) is 0 Å². The molecule has 0 spiro atoms. The number of amides is 2. The maximum absolute atomic E-state index is 15.0. The fraction of sp³-hybridized carbons (Fsp3) is 0.913. The Bertz CT molecular complexity index is 2310. The van der Waals surface area contributed by atoms with E-state index in [1.54, 1.807) is 0 Å². The molecule has 19 nitrogen and oxygen atoms in total. The van der Waals surface area contributed by atoms with Gasteiger partial charge in [-0.15, -0.1) is 0 Å². The number of carbonyl (C=O) groups is 8. The predicted octanol–water partition coefficient (Wildman–Crippen LogP) is 23.3. The quantitative estimate of drug-likeness (QED) is 0.0327. The second kappa shape index (κ2) is 72.1. The zero-order chi connectivity index (χ0) is 80.8. The van der Waals surface area contributed by atoms with Crippen LogP contribution in [0.25, 0.3) is 0 Å². The van der Waals surface area contributed by atoms with Gasteiger partial charge in [-0.25, -0.2) is 0 Å². The van der Waals surface area contributed by atoms with Gasteiger partial charge in [-0.3, -0.25) is 38.4 Å². The molecule has 0 aromatic heterocycles. The minimum absolute atomic E-state index is 0.00494. The third kappa shape index (κ3) is 53.5. The van der Waals surface area contributed by atoms with Crippen LogP contribution < -0.4 is 10.6 Å². The first-order valence-corrected chi connectivity index (χ1v) is 46.8. The van der Waals surface area contributed by atoms with Crippen molar-refractivity contribution >= 4 is 47.6 Å². The number of hydrogen-bond acceptors (Lipinski definition) is 17. The molecule has 0 bridgehead atoms. The van der Waals surface area contributed by atoms with Crippen LogP contribution in [0.2, 0.25) is 0 Å². The summed E-state index contributed by atoms with van der Waals surface area (Å²) in [5.41, 5.74) is 0. The van der Waals surface area contributed by atoms with Crippen LogP contribution in [0, 0.1) is 0 Å². The van der Waals surface area contributed by atoms with Crippen LogP contribution >= 0.6 is 0 Å². The van der Waals surface area contributed by atoms with Crippen LogP contribution in [0.1, 0.15) is 466 Å². The Kier molecular flexibility index (Phi) is 66.7. The highest BCUT2D eigenvalue weighted by molar-refractivity contribution is 5.78. The Hall–Kier alpha value is -4.36. The van der Waals surface area contributed by atoms with Crippen LogP contribution in [0.3, 0.4) is 0 Å². The zero-order valence-electron chi connectivity index (χ0n) is 72.4. The highest BCUT2D eigenvalue weighted by Gasteiger charge is 2.57. The average molecular weight is 1570 g/mol. The summed E-state index contributed by atoms with van der Waals surface area (Å²) in [4.78, 5) is 117. The Balaban J connectivity index is 3.17. The summed E-state index contributed by atoms with van der Waals surface area (Å²) in [6.45, 7) is 16.4. The summed E-state index contributed by atoms with van der Waals surface area (Å²) in [7, 11) is 0. The third-order valence-electron chi connectivity index (χ3n) is 22.0. The van der Waals surface area contributed by atoms with Crippen LogP contribution in [0.15, 0.2) is 0 Å². The number of carbonyl (C=O) groups excluding carboxylic acids is 8. The molecule has 2 fully saturated rings. The Morgan fingerprint density at radius 1 is 0.225 bits per heavy atom. The van der Waals surface area contributed by atoms with Gasteiger partial charge in [-0.1, -0.05) is 364 Å². The van der Waals surface area contributed by atoms with Gasteiger partial charge in [-0.2, -0.15) is 0 Å². The van der Waals surface area contributed by atoms with Gasteiger partial charge in [-0.05, 0) is 51.4 Å². The standard InChI is InChI=1S/C92H168N2O17/c1-9-17-25-33-41-49-57-65-77(95)93-85-90(109-83(101)71-63-55-47-39-31-23-15-7)88(76(74-104-80(98)68-60-52-44-36-28-20-12-4)105-91(85)110-84(102)72-64-56-48-40-32-24-16-8)111-92-86(94-78(96)66-58-50-42-34-26-18-10-2)89(108-82(100)70-62-54-46-38-30-22-14-6)87(107-81(99)69-61-53-45-37-29-21-13-5)75(106-92)73-103-79(97)67-59-51-43-35-27-19-11-3/h75-76,85-92H,9-74H2,1-8H3,(H,93,95)(H,94,96)/t75-,76-,85-,86-,87-,88-,89-,90-,91?,92+/m1/s1. The molecule has 10 atom stereocenters. The van der Waals surface area contributed by atoms with E-state index >= 15 is 4.79 Å². The summed E-state index contributed by atoms with van der Waals surface area (Å²) < 4.78 is 60.3. The molecule has 2 aliphatic heterocycles. The SMILES string of the molecule is CCCCCCCCCC(=O)N[C@H]1[C@H](O[C@H]2[C@H](OC(=O)CCCCCCCCC)[C@@H](NC(=O)CCCCCCCCC)C(OC(=O)CCCCCCCCC)O[C@@H]2COC(=O)CCCCCCCCC)O[C@H](COC(=O)CCCCCCCCC)[C@@H](OC(=O)CCCCCCCCC)[C@@H]1OC(=O)CCCCCCCCC. The zero-order valence-corrected chi connectivity index (χ0v) is 72.4. The van der Waals surface area contributed by atoms with Crippen molar-refractivity contribution in [3.63, 3.8) is 0 Å². The van der Waals surface area contributed by atoms with E-state index < -0.39 is 122 Å². The molecular formula is C92H168N2O17. The molecule has 0 radical (unpaired) electrons. The number of ether oxygens (including phenoxy) is 9. The van der Waals surface area contributed by atoms with Gasteiger partial charge >= 0.3 is 35.8 Å². The lowest BCUT2D eigenvalue weighted by Crippen LogP contribution is -2.71. The summed E-state index contributed by atoms with van der Waals surface area (Å²) >= 11 is 0. The van der Waals surface area contributed by atoms with Gasteiger partial charge in [0.1, 0.15) is 43.6 Å². The maximum atomic E-state index is 15.0. The van der Waals surface area contributed by atoms with Crippen LogP contribution in [-0.4, -0.2) is 122 Å². The normalized spacial score (nSPS) is 19.6. The van der Waals surface area contributed by atoms with Gasteiger partial charge in [0.2, 0.25) is 18.1 Å². The first kappa shape index (κ1) is 103. The molecule has 19 heteroatoms. The number of hydrogen-bond donors (Lipinski definition) is 2. The molecule has 2 amide bonds. The summed E-state index contributed by atoms with van der Waals surface area (Å²) in [6, 6.07) is -2.89. The Morgan fingerprint density at radius 2 is 0.432 bits per heavy atom. The molecule has 648 valence electrons.